The molecule has 0 N–H and O–H groups in total. The lowest BCUT2D eigenvalue weighted by molar-refractivity contribution is 0.0985. The molecule has 0 atom stereocenters. The summed E-state index contributed by atoms with van der Waals surface area (Å²) in [5, 5.41) is 2.74. The minimum atomic E-state index is -0.0108. The fraction of sp³-hybridized carbons (Fsp3) is 0.111. The molecule has 3 aromatic rings. The largest absolute Gasteiger partial charge is 0.306 e. The van der Waals surface area contributed by atoms with Gasteiger partial charge in [0.25, 0.3) is 5.91 Å². The molecule has 0 radical (unpaired) electrons. The zero-order valence-corrected chi connectivity index (χ0v) is 12.7. The molecule has 108 valence electrons. The van der Waals surface area contributed by atoms with Crippen molar-refractivity contribution in [3.05, 3.63) is 71.2 Å². The van der Waals surface area contributed by atoms with E-state index in [0.717, 1.165) is 29.2 Å². The molecule has 2 aromatic carbocycles. The van der Waals surface area contributed by atoms with Gasteiger partial charge in [-0.15, -0.1) is 11.3 Å². The summed E-state index contributed by atoms with van der Waals surface area (Å²) in [4.78, 5) is 19.1. The van der Waals surface area contributed by atoms with Gasteiger partial charge in [0.1, 0.15) is 10.7 Å². The summed E-state index contributed by atoms with van der Waals surface area (Å²) in [6.07, 6.45) is 0.914. The molecule has 0 fully saturated rings. The quantitative estimate of drug-likeness (QED) is 0.716. The second kappa shape index (κ2) is 5.39. The van der Waals surface area contributed by atoms with E-state index >= 15 is 0 Å². The molecule has 0 saturated carbocycles. The zero-order chi connectivity index (χ0) is 14.9. The topological polar surface area (TPSA) is 33.2 Å². The summed E-state index contributed by atoms with van der Waals surface area (Å²) in [5.41, 5.74) is 3.82. The number of rotatable bonds is 2. The van der Waals surface area contributed by atoms with Crippen molar-refractivity contribution in [1.82, 2.24) is 4.98 Å². The van der Waals surface area contributed by atoms with E-state index in [1.165, 1.54) is 16.9 Å². The van der Waals surface area contributed by atoms with Gasteiger partial charge in [0.05, 0.1) is 0 Å². The fourth-order valence-corrected chi connectivity index (χ4v) is 3.57. The van der Waals surface area contributed by atoms with Crippen LogP contribution in [0.5, 0.6) is 0 Å². The normalized spacial score (nSPS) is 13.2. The molecule has 4 heteroatoms. The first-order valence-corrected chi connectivity index (χ1v) is 8.11. The Morgan fingerprint density at radius 1 is 1.05 bits per heavy atom. The number of carbonyl (C=O) groups excluding carboxylic acids is 1. The molecule has 2 heterocycles. The molecular formula is C18H14N2OS. The highest BCUT2D eigenvalue weighted by Crippen LogP contribution is 2.30. The number of anilines is 1. The number of benzene rings is 2. The van der Waals surface area contributed by atoms with Crippen molar-refractivity contribution in [1.29, 1.82) is 0 Å². The molecule has 0 unspecified atom stereocenters. The molecule has 0 saturated heterocycles. The van der Waals surface area contributed by atoms with Crippen LogP contribution in [-0.2, 0) is 6.42 Å². The van der Waals surface area contributed by atoms with Gasteiger partial charge in [0, 0.05) is 23.2 Å². The van der Waals surface area contributed by atoms with Crippen LogP contribution in [0.1, 0.15) is 16.1 Å². The highest BCUT2D eigenvalue weighted by Gasteiger charge is 2.26. The van der Waals surface area contributed by atoms with Crippen molar-refractivity contribution in [2.75, 3.05) is 11.4 Å². The lowest BCUT2D eigenvalue weighted by Crippen LogP contribution is -2.29. The van der Waals surface area contributed by atoms with Crippen molar-refractivity contribution in [2.24, 2.45) is 0 Å². The number of para-hydroxylation sites is 1. The third-order valence-corrected chi connectivity index (χ3v) is 4.77. The van der Waals surface area contributed by atoms with Gasteiger partial charge >= 0.3 is 0 Å². The second-order valence-corrected chi connectivity index (χ2v) is 6.10. The Kier molecular flexibility index (Phi) is 3.24. The van der Waals surface area contributed by atoms with Crippen molar-refractivity contribution >= 4 is 22.9 Å². The third-order valence-electron chi connectivity index (χ3n) is 3.88. The number of fused-ring (bicyclic) bond motifs is 1. The van der Waals surface area contributed by atoms with Gasteiger partial charge in [0.15, 0.2) is 0 Å². The smallest absolute Gasteiger partial charge is 0.277 e. The van der Waals surface area contributed by atoms with Crippen molar-refractivity contribution in [3.8, 4) is 10.6 Å². The molecule has 0 aliphatic carbocycles. The van der Waals surface area contributed by atoms with Crippen LogP contribution in [-0.4, -0.2) is 17.4 Å². The van der Waals surface area contributed by atoms with Crippen molar-refractivity contribution in [2.45, 2.75) is 6.42 Å². The first-order chi connectivity index (χ1) is 10.8. The maximum Gasteiger partial charge on any atom is 0.277 e. The predicted octanol–water partition coefficient (Wildman–Crippen LogP) is 4.01. The number of carbonyl (C=O) groups is 1. The molecule has 4 rings (SSSR count). The van der Waals surface area contributed by atoms with Gasteiger partial charge in [-0.05, 0) is 18.1 Å². The lowest BCUT2D eigenvalue weighted by Gasteiger charge is -2.15. The Hall–Kier alpha value is -2.46. The molecule has 22 heavy (non-hydrogen) atoms. The minimum absolute atomic E-state index is 0.0108. The van der Waals surface area contributed by atoms with Crippen LogP contribution in [0.15, 0.2) is 60.0 Å². The Morgan fingerprint density at radius 3 is 2.68 bits per heavy atom. The summed E-state index contributed by atoms with van der Waals surface area (Å²) in [5.74, 6) is -0.0108. The van der Waals surface area contributed by atoms with Crippen LogP contribution >= 0.6 is 11.3 Å². The predicted molar refractivity (Wildman–Crippen MR) is 89.4 cm³/mol. The highest BCUT2D eigenvalue weighted by molar-refractivity contribution is 7.13. The number of thiazole rings is 1. The Labute approximate surface area is 132 Å². The summed E-state index contributed by atoms with van der Waals surface area (Å²) in [6.45, 7) is 0.733. The summed E-state index contributed by atoms with van der Waals surface area (Å²) in [6, 6.07) is 18.0. The Morgan fingerprint density at radius 2 is 1.82 bits per heavy atom. The molecule has 0 spiro atoms. The van der Waals surface area contributed by atoms with E-state index in [-0.39, 0.29) is 5.91 Å². The zero-order valence-electron chi connectivity index (χ0n) is 11.9. The highest BCUT2D eigenvalue weighted by atomic mass is 32.1. The summed E-state index contributed by atoms with van der Waals surface area (Å²) in [7, 11) is 0. The van der Waals surface area contributed by atoms with Crippen molar-refractivity contribution in [3.63, 3.8) is 0 Å². The van der Waals surface area contributed by atoms with Gasteiger partial charge in [-0.3, -0.25) is 4.79 Å². The maximum absolute atomic E-state index is 12.7. The van der Waals surface area contributed by atoms with Crippen LogP contribution in [0.2, 0.25) is 0 Å². The van der Waals surface area contributed by atoms with Gasteiger partial charge < -0.3 is 4.90 Å². The maximum atomic E-state index is 12.7. The third kappa shape index (κ3) is 2.22. The summed E-state index contributed by atoms with van der Waals surface area (Å²) >= 11 is 1.51. The van der Waals surface area contributed by atoms with E-state index in [1.54, 1.807) is 0 Å². The number of nitrogens with zero attached hydrogens (tertiary/aromatic N) is 2. The van der Waals surface area contributed by atoms with Crippen LogP contribution < -0.4 is 4.90 Å². The molecule has 1 aliphatic heterocycles. The van der Waals surface area contributed by atoms with E-state index in [4.69, 9.17) is 0 Å². The van der Waals surface area contributed by atoms with E-state index in [2.05, 4.69) is 11.1 Å². The fourth-order valence-electron chi connectivity index (χ4n) is 2.77. The second-order valence-electron chi connectivity index (χ2n) is 5.24. The monoisotopic (exact) mass is 306 g/mol. The lowest BCUT2D eigenvalue weighted by atomic mass is 10.2. The molecule has 3 nitrogen and oxygen atoms in total. The molecular weight excluding hydrogens is 292 g/mol. The molecule has 1 aromatic heterocycles. The van der Waals surface area contributed by atoms with Gasteiger partial charge in [-0.2, -0.15) is 0 Å². The van der Waals surface area contributed by atoms with Crippen LogP contribution in [0.3, 0.4) is 0 Å². The van der Waals surface area contributed by atoms with E-state index in [9.17, 15) is 4.79 Å². The van der Waals surface area contributed by atoms with Gasteiger partial charge in [-0.25, -0.2) is 4.98 Å². The summed E-state index contributed by atoms with van der Waals surface area (Å²) < 4.78 is 0. The Bertz CT molecular complexity index is 826. The van der Waals surface area contributed by atoms with Gasteiger partial charge in [0.2, 0.25) is 0 Å². The SMILES string of the molecule is O=C(c1csc(-c2ccccc2)n1)N1CCc2ccccc21. The van der Waals surface area contributed by atoms with E-state index in [0.29, 0.717) is 5.69 Å². The number of aromatic nitrogens is 1. The standard InChI is InChI=1S/C18H14N2OS/c21-18(20-11-10-13-6-4-5-9-16(13)20)15-12-22-17(19-15)14-7-2-1-3-8-14/h1-9,12H,10-11H2. The minimum Gasteiger partial charge on any atom is -0.306 e. The average Bonchev–Trinajstić information content (AvgIpc) is 3.22. The van der Waals surface area contributed by atoms with Gasteiger partial charge in [-0.1, -0.05) is 48.5 Å². The van der Waals surface area contributed by atoms with Crippen molar-refractivity contribution < 1.29 is 4.79 Å². The number of hydrogen-bond donors (Lipinski definition) is 0. The Balaban J connectivity index is 1.64. The van der Waals surface area contributed by atoms with E-state index in [1.807, 2.05) is 58.8 Å². The molecule has 1 amide bonds. The van der Waals surface area contributed by atoms with Crippen LogP contribution in [0.4, 0.5) is 5.69 Å². The first-order valence-electron chi connectivity index (χ1n) is 7.23. The number of hydrogen-bond acceptors (Lipinski definition) is 3. The average molecular weight is 306 g/mol. The molecule has 0 bridgehead atoms. The number of amides is 1. The van der Waals surface area contributed by atoms with Crippen LogP contribution in [0, 0.1) is 0 Å². The van der Waals surface area contributed by atoms with Crippen LogP contribution in [0.25, 0.3) is 10.6 Å². The first kappa shape index (κ1) is 13.2. The molecule has 1 aliphatic rings. The van der Waals surface area contributed by atoms with E-state index < -0.39 is 0 Å².